The zero-order chi connectivity index (χ0) is 15.5. The molecule has 1 aliphatic rings. The summed E-state index contributed by atoms with van der Waals surface area (Å²) in [4.78, 5) is 12.1. The van der Waals surface area contributed by atoms with E-state index in [1.807, 2.05) is 0 Å². The predicted octanol–water partition coefficient (Wildman–Crippen LogP) is 0.509. The number of hydrogen-bond acceptors (Lipinski definition) is 4. The number of halogens is 1. The van der Waals surface area contributed by atoms with Crippen LogP contribution in [-0.2, 0) is 14.6 Å². The van der Waals surface area contributed by atoms with Crippen molar-refractivity contribution in [2.75, 3.05) is 23.4 Å². The topological polar surface area (TPSA) is 89.3 Å². The van der Waals surface area contributed by atoms with E-state index in [0.29, 0.717) is 17.7 Å². The average Bonchev–Trinajstić information content (AvgIpc) is 2.79. The molecule has 1 heterocycles. The molecule has 1 saturated heterocycles. The third-order valence-corrected chi connectivity index (χ3v) is 4.94. The molecule has 5 nitrogen and oxygen atoms in total. The second kappa shape index (κ2) is 6.24. The first kappa shape index (κ1) is 15.5. The molecule has 2 rings (SSSR count). The molecule has 112 valence electrons. The highest BCUT2D eigenvalue weighted by molar-refractivity contribution is 7.91. The minimum atomic E-state index is -3.13. The summed E-state index contributed by atoms with van der Waals surface area (Å²) >= 11 is 0. The Balaban J connectivity index is 2.18. The standard InChI is InChI=1S/C14H15FN2O3S/c15-12-3-4-13(10(8-12)2-1-6-16)17-14(18)11-5-7-21(19,20)9-11/h3-4,8,11H,5-7,9,16H2,(H,17,18). The number of nitrogens with one attached hydrogen (secondary N) is 1. The van der Waals surface area contributed by atoms with Crippen LogP contribution in [0.15, 0.2) is 18.2 Å². The van der Waals surface area contributed by atoms with Crippen LogP contribution in [0.2, 0.25) is 0 Å². The van der Waals surface area contributed by atoms with Crippen LogP contribution in [0.25, 0.3) is 0 Å². The third-order valence-electron chi connectivity index (χ3n) is 3.17. The van der Waals surface area contributed by atoms with Crippen molar-refractivity contribution < 1.29 is 17.6 Å². The van der Waals surface area contributed by atoms with Crippen molar-refractivity contribution in [2.24, 2.45) is 11.7 Å². The fourth-order valence-corrected chi connectivity index (χ4v) is 3.85. The van der Waals surface area contributed by atoms with Gasteiger partial charge >= 0.3 is 0 Å². The van der Waals surface area contributed by atoms with Crippen molar-refractivity contribution in [1.29, 1.82) is 0 Å². The molecule has 1 atom stereocenters. The summed E-state index contributed by atoms with van der Waals surface area (Å²) in [7, 11) is -3.13. The summed E-state index contributed by atoms with van der Waals surface area (Å²) in [6, 6.07) is 3.80. The Kier molecular flexibility index (Phi) is 4.60. The van der Waals surface area contributed by atoms with Crippen LogP contribution in [0.4, 0.5) is 10.1 Å². The van der Waals surface area contributed by atoms with Gasteiger partial charge in [0.05, 0.1) is 35.2 Å². The van der Waals surface area contributed by atoms with Gasteiger partial charge in [0.25, 0.3) is 0 Å². The minimum absolute atomic E-state index is 0.0222. The van der Waals surface area contributed by atoms with Gasteiger partial charge in [-0.3, -0.25) is 4.79 Å². The van der Waals surface area contributed by atoms with Gasteiger partial charge in [-0.2, -0.15) is 0 Å². The van der Waals surface area contributed by atoms with E-state index < -0.39 is 27.5 Å². The second-order valence-corrected chi connectivity index (χ2v) is 7.01. The van der Waals surface area contributed by atoms with Crippen molar-refractivity contribution in [2.45, 2.75) is 6.42 Å². The van der Waals surface area contributed by atoms with Crippen molar-refractivity contribution in [3.8, 4) is 11.8 Å². The van der Waals surface area contributed by atoms with Gasteiger partial charge < -0.3 is 11.1 Å². The molecule has 0 spiro atoms. The lowest BCUT2D eigenvalue weighted by Gasteiger charge is -2.11. The van der Waals surface area contributed by atoms with Gasteiger partial charge in [0.1, 0.15) is 5.82 Å². The van der Waals surface area contributed by atoms with E-state index >= 15 is 0 Å². The molecule has 0 aromatic heterocycles. The number of carbonyl (C=O) groups excluding carboxylic acids is 1. The number of nitrogens with two attached hydrogens (primary N) is 1. The van der Waals surface area contributed by atoms with Crippen molar-refractivity contribution in [3.05, 3.63) is 29.6 Å². The molecule has 3 N–H and O–H groups in total. The Bertz CT molecular complexity index is 719. The largest absolute Gasteiger partial charge is 0.325 e. The molecule has 0 radical (unpaired) electrons. The van der Waals surface area contributed by atoms with Gasteiger partial charge in [0.15, 0.2) is 9.84 Å². The van der Waals surface area contributed by atoms with Crippen molar-refractivity contribution in [1.82, 2.24) is 0 Å². The molecule has 0 bridgehead atoms. The van der Waals surface area contributed by atoms with Crippen molar-refractivity contribution in [3.63, 3.8) is 0 Å². The summed E-state index contributed by atoms with van der Waals surface area (Å²) in [6.45, 7) is 0.116. The molecular formula is C14H15FN2O3S. The van der Waals surface area contributed by atoms with E-state index in [2.05, 4.69) is 17.2 Å². The number of carbonyl (C=O) groups is 1. The number of anilines is 1. The summed E-state index contributed by atoms with van der Waals surface area (Å²) in [5.74, 6) is 3.70. The first-order valence-electron chi connectivity index (χ1n) is 6.41. The molecule has 1 amide bonds. The van der Waals surface area contributed by atoms with Crippen LogP contribution in [-0.4, -0.2) is 32.4 Å². The monoisotopic (exact) mass is 310 g/mol. The lowest BCUT2D eigenvalue weighted by molar-refractivity contribution is -0.119. The Morgan fingerprint density at radius 2 is 2.24 bits per heavy atom. The third kappa shape index (κ3) is 4.03. The smallest absolute Gasteiger partial charge is 0.228 e. The Morgan fingerprint density at radius 1 is 1.48 bits per heavy atom. The van der Waals surface area contributed by atoms with Crippen LogP contribution in [0.3, 0.4) is 0 Å². The highest BCUT2D eigenvalue weighted by Crippen LogP contribution is 2.22. The zero-order valence-corrected chi connectivity index (χ0v) is 12.0. The van der Waals surface area contributed by atoms with Crippen LogP contribution in [0, 0.1) is 23.6 Å². The predicted molar refractivity (Wildman–Crippen MR) is 77.7 cm³/mol. The molecule has 1 unspecified atom stereocenters. The van der Waals surface area contributed by atoms with E-state index in [1.54, 1.807) is 0 Å². The van der Waals surface area contributed by atoms with Gasteiger partial charge in [0, 0.05) is 0 Å². The molecular weight excluding hydrogens is 295 g/mol. The summed E-state index contributed by atoms with van der Waals surface area (Å²) in [5, 5.41) is 2.61. The van der Waals surface area contributed by atoms with E-state index in [1.165, 1.54) is 18.2 Å². The van der Waals surface area contributed by atoms with Crippen LogP contribution < -0.4 is 11.1 Å². The number of amides is 1. The van der Waals surface area contributed by atoms with Gasteiger partial charge in [-0.15, -0.1) is 0 Å². The quantitative estimate of drug-likeness (QED) is 0.779. The molecule has 21 heavy (non-hydrogen) atoms. The van der Waals surface area contributed by atoms with E-state index in [9.17, 15) is 17.6 Å². The normalized spacial score (nSPS) is 19.6. The summed E-state index contributed by atoms with van der Waals surface area (Å²) in [6.07, 6.45) is 0.305. The number of sulfone groups is 1. The van der Waals surface area contributed by atoms with Crippen LogP contribution in [0.5, 0.6) is 0 Å². The number of rotatable bonds is 2. The minimum Gasteiger partial charge on any atom is -0.325 e. The highest BCUT2D eigenvalue weighted by Gasteiger charge is 2.33. The molecule has 1 aromatic carbocycles. The molecule has 0 aliphatic carbocycles. The second-order valence-electron chi connectivity index (χ2n) is 4.79. The first-order chi connectivity index (χ1) is 9.91. The number of benzene rings is 1. The highest BCUT2D eigenvalue weighted by atomic mass is 32.2. The fraction of sp³-hybridized carbons (Fsp3) is 0.357. The first-order valence-corrected chi connectivity index (χ1v) is 8.23. The van der Waals surface area contributed by atoms with Gasteiger partial charge in [-0.25, -0.2) is 12.8 Å². The summed E-state index contributed by atoms with van der Waals surface area (Å²) < 4.78 is 36.0. The maximum absolute atomic E-state index is 13.2. The SMILES string of the molecule is NCC#Cc1cc(F)ccc1NC(=O)C1CCS(=O)(=O)C1. The molecule has 1 aliphatic heterocycles. The van der Waals surface area contributed by atoms with Crippen LogP contribution in [0.1, 0.15) is 12.0 Å². The Morgan fingerprint density at radius 3 is 2.86 bits per heavy atom. The van der Waals surface area contributed by atoms with E-state index in [-0.39, 0.29) is 18.1 Å². The average molecular weight is 310 g/mol. The van der Waals surface area contributed by atoms with Gasteiger partial charge in [0.2, 0.25) is 5.91 Å². The summed E-state index contributed by atoms with van der Waals surface area (Å²) in [5.41, 5.74) is 5.94. The molecule has 1 fully saturated rings. The number of hydrogen-bond donors (Lipinski definition) is 2. The molecule has 1 aromatic rings. The van der Waals surface area contributed by atoms with E-state index in [0.717, 1.165) is 0 Å². The maximum atomic E-state index is 13.2. The van der Waals surface area contributed by atoms with E-state index in [4.69, 9.17) is 5.73 Å². The molecule has 7 heteroatoms. The van der Waals surface area contributed by atoms with Gasteiger partial charge in [-0.05, 0) is 24.6 Å². The van der Waals surface area contributed by atoms with Gasteiger partial charge in [-0.1, -0.05) is 11.8 Å². The lowest BCUT2D eigenvalue weighted by Crippen LogP contribution is -2.24. The Labute approximate surface area is 122 Å². The van der Waals surface area contributed by atoms with Crippen molar-refractivity contribution >= 4 is 21.4 Å². The molecule has 0 saturated carbocycles. The maximum Gasteiger partial charge on any atom is 0.228 e. The fourth-order valence-electron chi connectivity index (χ4n) is 2.11. The zero-order valence-electron chi connectivity index (χ0n) is 11.2. The van der Waals surface area contributed by atoms with Crippen LogP contribution >= 0.6 is 0 Å². The lowest BCUT2D eigenvalue weighted by atomic mass is 10.1. The Hall–Kier alpha value is -1.91.